The van der Waals surface area contributed by atoms with Gasteiger partial charge in [0.25, 0.3) is 5.91 Å². The molecule has 2 aromatic rings. The second-order valence-electron chi connectivity index (χ2n) is 5.37. The van der Waals surface area contributed by atoms with Crippen molar-refractivity contribution in [1.82, 2.24) is 10.3 Å². The van der Waals surface area contributed by atoms with Gasteiger partial charge in [0.2, 0.25) is 0 Å². The van der Waals surface area contributed by atoms with Gasteiger partial charge in [0, 0.05) is 17.3 Å². The van der Waals surface area contributed by atoms with E-state index in [0.29, 0.717) is 10.7 Å². The molecule has 0 unspecified atom stereocenters. The molecule has 1 heterocycles. The molecule has 1 aliphatic rings. The first-order valence-corrected chi connectivity index (χ1v) is 7.57. The van der Waals surface area contributed by atoms with Gasteiger partial charge in [0.05, 0.1) is 0 Å². The molecule has 108 valence electrons. The quantitative estimate of drug-likeness (QED) is 0.885. The molecule has 1 aromatic carbocycles. The van der Waals surface area contributed by atoms with Crippen molar-refractivity contribution in [2.24, 2.45) is 0 Å². The van der Waals surface area contributed by atoms with Gasteiger partial charge in [-0.1, -0.05) is 42.8 Å². The fourth-order valence-electron chi connectivity index (χ4n) is 2.79. The van der Waals surface area contributed by atoms with Crippen LogP contribution in [0.4, 0.5) is 0 Å². The van der Waals surface area contributed by atoms with E-state index in [0.717, 1.165) is 25.0 Å². The van der Waals surface area contributed by atoms with Crippen molar-refractivity contribution in [2.75, 3.05) is 0 Å². The zero-order valence-corrected chi connectivity index (χ0v) is 12.7. The fraction of sp³-hybridized carbons (Fsp3) is 0.294. The molecule has 1 N–H and O–H groups in total. The van der Waals surface area contributed by atoms with Crippen LogP contribution >= 0.6 is 11.6 Å². The molecular weight excluding hydrogens is 284 g/mol. The Morgan fingerprint density at radius 2 is 1.95 bits per heavy atom. The summed E-state index contributed by atoms with van der Waals surface area (Å²) in [6, 6.07) is 11.9. The Morgan fingerprint density at radius 3 is 2.57 bits per heavy atom. The summed E-state index contributed by atoms with van der Waals surface area (Å²) in [5, 5.41) is 3.46. The minimum atomic E-state index is -0.0770. The summed E-state index contributed by atoms with van der Waals surface area (Å²) in [5.74, 6) is -0.0770. The van der Waals surface area contributed by atoms with Crippen molar-refractivity contribution in [2.45, 2.75) is 32.2 Å². The van der Waals surface area contributed by atoms with Crippen LogP contribution in [0.3, 0.4) is 0 Å². The Bertz CT molecular complexity index is 659. The zero-order valence-electron chi connectivity index (χ0n) is 11.9. The van der Waals surface area contributed by atoms with E-state index < -0.39 is 0 Å². The van der Waals surface area contributed by atoms with Crippen molar-refractivity contribution in [3.63, 3.8) is 0 Å². The molecule has 0 bridgehead atoms. The van der Waals surface area contributed by atoms with Crippen LogP contribution < -0.4 is 5.32 Å². The average Bonchev–Trinajstić information content (AvgIpc) is 2.88. The largest absolute Gasteiger partial charge is 0.349 e. The molecule has 1 aliphatic carbocycles. The maximum Gasteiger partial charge on any atom is 0.251 e. The second kappa shape index (κ2) is 5.86. The number of carbonyl (C=O) groups is 1. The first-order chi connectivity index (χ1) is 10.2. The molecular formula is C17H17ClN2O. The molecule has 3 rings (SSSR count). The first-order valence-electron chi connectivity index (χ1n) is 7.20. The normalized spacial score (nSPS) is 14.0. The average molecular weight is 301 g/mol. The van der Waals surface area contributed by atoms with Crippen molar-refractivity contribution in [3.8, 4) is 0 Å². The van der Waals surface area contributed by atoms with Crippen molar-refractivity contribution >= 4 is 17.5 Å². The number of pyridine rings is 1. The SMILES string of the molecule is CCc1cc(C(=O)NC2Cc3ccccc3C2)cc(Cl)n1. The Balaban J connectivity index is 1.72. The number of carbonyl (C=O) groups excluding carboxylic acids is 1. The molecule has 4 heteroatoms. The molecule has 21 heavy (non-hydrogen) atoms. The smallest absolute Gasteiger partial charge is 0.251 e. The minimum Gasteiger partial charge on any atom is -0.349 e. The highest BCUT2D eigenvalue weighted by molar-refractivity contribution is 6.29. The molecule has 0 saturated carbocycles. The Hall–Kier alpha value is -1.87. The molecule has 0 fully saturated rings. The van der Waals surface area contributed by atoms with Gasteiger partial charge in [0.15, 0.2) is 0 Å². The van der Waals surface area contributed by atoms with Gasteiger partial charge in [-0.25, -0.2) is 4.98 Å². The van der Waals surface area contributed by atoms with Gasteiger partial charge in [-0.3, -0.25) is 4.79 Å². The standard InChI is InChI=1S/C17H17ClN2O/c1-2-14-9-13(10-16(18)19-14)17(21)20-15-7-11-5-3-4-6-12(11)8-15/h3-6,9-10,15H,2,7-8H2,1H3,(H,20,21). The highest BCUT2D eigenvalue weighted by atomic mass is 35.5. The monoisotopic (exact) mass is 300 g/mol. The number of nitrogens with zero attached hydrogens (tertiary/aromatic N) is 1. The van der Waals surface area contributed by atoms with E-state index in [4.69, 9.17) is 11.6 Å². The van der Waals surface area contributed by atoms with Crippen LogP contribution in [0.5, 0.6) is 0 Å². The number of amides is 1. The molecule has 0 aliphatic heterocycles. The molecule has 1 aromatic heterocycles. The second-order valence-corrected chi connectivity index (χ2v) is 5.76. The maximum atomic E-state index is 12.4. The number of nitrogens with one attached hydrogen (secondary N) is 1. The number of fused-ring (bicyclic) bond motifs is 1. The zero-order chi connectivity index (χ0) is 14.8. The number of aryl methyl sites for hydroxylation is 1. The van der Waals surface area contributed by atoms with Crippen LogP contribution in [0.2, 0.25) is 5.15 Å². The summed E-state index contributed by atoms with van der Waals surface area (Å²) in [6.07, 6.45) is 2.54. The summed E-state index contributed by atoms with van der Waals surface area (Å²) in [4.78, 5) is 16.6. The number of hydrogen-bond donors (Lipinski definition) is 1. The van der Waals surface area contributed by atoms with Gasteiger partial charge in [0.1, 0.15) is 5.15 Å². The minimum absolute atomic E-state index is 0.0770. The fourth-order valence-corrected chi connectivity index (χ4v) is 3.02. The number of halogens is 1. The molecule has 0 radical (unpaired) electrons. The van der Waals surface area contributed by atoms with Crippen molar-refractivity contribution < 1.29 is 4.79 Å². The predicted octanol–water partition coefficient (Wildman–Crippen LogP) is 3.19. The van der Waals surface area contributed by atoms with Crippen LogP contribution in [0.25, 0.3) is 0 Å². The molecule has 0 spiro atoms. The van der Waals surface area contributed by atoms with E-state index in [1.165, 1.54) is 11.1 Å². The van der Waals surface area contributed by atoms with Crippen molar-refractivity contribution in [1.29, 1.82) is 0 Å². The molecule has 1 amide bonds. The van der Waals surface area contributed by atoms with Gasteiger partial charge < -0.3 is 5.32 Å². The van der Waals surface area contributed by atoms with Crippen LogP contribution in [0.1, 0.15) is 34.1 Å². The number of benzene rings is 1. The summed E-state index contributed by atoms with van der Waals surface area (Å²) in [7, 11) is 0. The summed E-state index contributed by atoms with van der Waals surface area (Å²) >= 11 is 5.97. The van der Waals surface area contributed by atoms with Crippen LogP contribution in [0.15, 0.2) is 36.4 Å². The van der Waals surface area contributed by atoms with E-state index in [1.807, 2.05) is 25.1 Å². The van der Waals surface area contributed by atoms with E-state index in [2.05, 4.69) is 22.4 Å². The van der Waals surface area contributed by atoms with Gasteiger partial charge in [-0.15, -0.1) is 0 Å². The molecule has 0 saturated heterocycles. The van der Waals surface area contributed by atoms with Crippen molar-refractivity contribution in [3.05, 3.63) is 63.9 Å². The number of hydrogen-bond acceptors (Lipinski definition) is 2. The molecule has 0 atom stereocenters. The number of rotatable bonds is 3. The Labute approximate surface area is 129 Å². The van der Waals surface area contributed by atoms with Gasteiger partial charge in [-0.2, -0.15) is 0 Å². The van der Waals surface area contributed by atoms with Crippen LogP contribution in [-0.2, 0) is 19.3 Å². The van der Waals surface area contributed by atoms with Gasteiger partial charge >= 0.3 is 0 Å². The van der Waals surface area contributed by atoms with E-state index in [-0.39, 0.29) is 11.9 Å². The van der Waals surface area contributed by atoms with Crippen LogP contribution in [0, 0.1) is 0 Å². The van der Waals surface area contributed by atoms with E-state index in [1.54, 1.807) is 6.07 Å². The lowest BCUT2D eigenvalue weighted by molar-refractivity contribution is 0.0938. The van der Waals surface area contributed by atoms with Gasteiger partial charge in [-0.05, 0) is 42.5 Å². The van der Waals surface area contributed by atoms with E-state index >= 15 is 0 Å². The summed E-state index contributed by atoms with van der Waals surface area (Å²) in [6.45, 7) is 1.99. The topological polar surface area (TPSA) is 42.0 Å². The third kappa shape index (κ3) is 3.08. The van der Waals surface area contributed by atoms with E-state index in [9.17, 15) is 4.79 Å². The Morgan fingerprint density at radius 1 is 1.29 bits per heavy atom. The highest BCUT2D eigenvalue weighted by Crippen LogP contribution is 2.22. The summed E-state index contributed by atoms with van der Waals surface area (Å²) in [5.41, 5.74) is 4.07. The highest BCUT2D eigenvalue weighted by Gasteiger charge is 2.23. The van der Waals surface area contributed by atoms with Crippen LogP contribution in [-0.4, -0.2) is 16.9 Å². The summed E-state index contributed by atoms with van der Waals surface area (Å²) < 4.78 is 0. The Kier molecular flexibility index (Phi) is 3.93. The predicted molar refractivity (Wildman–Crippen MR) is 83.7 cm³/mol. The number of aromatic nitrogens is 1. The maximum absolute atomic E-state index is 12.4. The lowest BCUT2D eigenvalue weighted by atomic mass is 10.1. The lowest BCUT2D eigenvalue weighted by Gasteiger charge is -2.12. The first kappa shape index (κ1) is 14.1. The third-order valence-corrected chi connectivity index (χ3v) is 4.05. The third-order valence-electron chi connectivity index (χ3n) is 3.86. The molecule has 3 nitrogen and oxygen atoms in total. The lowest BCUT2D eigenvalue weighted by Crippen LogP contribution is -2.35.